The molecule has 1 aliphatic carbocycles. The number of fused-ring (bicyclic) bond motifs is 1. The molecule has 0 amide bonds. The van der Waals surface area contributed by atoms with E-state index >= 15 is 0 Å². The molecule has 0 bridgehead atoms. The highest BCUT2D eigenvalue weighted by molar-refractivity contribution is 6.12. The van der Waals surface area contributed by atoms with E-state index in [2.05, 4.69) is 24.2 Å². The predicted octanol–water partition coefficient (Wildman–Crippen LogP) is 2.13. The molecule has 1 aliphatic rings. The lowest BCUT2D eigenvalue weighted by molar-refractivity contribution is -0.155. The minimum atomic E-state index is -0.319. The van der Waals surface area contributed by atoms with Gasteiger partial charge in [0.1, 0.15) is 6.61 Å². The maximum Gasteiger partial charge on any atom is 0.332 e. The van der Waals surface area contributed by atoms with Crippen LogP contribution < -0.4 is 0 Å². The average Bonchev–Trinajstić information content (AvgIpc) is 2.87. The second kappa shape index (κ2) is 7.95. The Hall–Kier alpha value is -1.37. The maximum absolute atomic E-state index is 11.6. The number of nitrogens with zero attached hydrogens (tertiary/aromatic N) is 3. The molecule has 7 heteroatoms. The summed E-state index contributed by atoms with van der Waals surface area (Å²) in [6.07, 6.45) is 3.10. The van der Waals surface area contributed by atoms with E-state index in [4.69, 9.17) is 17.3 Å². The second-order valence-corrected chi connectivity index (χ2v) is 6.65. The van der Waals surface area contributed by atoms with Crippen molar-refractivity contribution < 1.29 is 14.3 Å². The molecule has 0 aromatic carbocycles. The van der Waals surface area contributed by atoms with Crippen LogP contribution in [0.3, 0.4) is 0 Å². The molecular formula is C16H26BN3O3. The van der Waals surface area contributed by atoms with E-state index in [1.807, 2.05) is 18.5 Å². The number of carbonyl (C=O) groups is 1. The fraction of sp³-hybridized carbons (Fsp3) is 0.812. The molecule has 0 saturated heterocycles. The SMILES string of the molecule is [B]C1CCC(OCC(=O)OC(C)C)CCc2c1nnn2C(C)C. The summed E-state index contributed by atoms with van der Waals surface area (Å²) in [5, 5.41) is 8.50. The van der Waals surface area contributed by atoms with Crippen molar-refractivity contribution in [2.24, 2.45) is 0 Å². The fourth-order valence-electron chi connectivity index (χ4n) is 2.86. The van der Waals surface area contributed by atoms with Crippen LogP contribution in [0.2, 0.25) is 0 Å². The third-order valence-electron chi connectivity index (χ3n) is 3.97. The van der Waals surface area contributed by atoms with E-state index in [-0.39, 0.29) is 36.6 Å². The third-order valence-corrected chi connectivity index (χ3v) is 3.97. The Bertz CT molecular complexity index is 531. The van der Waals surface area contributed by atoms with Crippen molar-refractivity contribution in [2.45, 2.75) is 77.4 Å². The summed E-state index contributed by atoms with van der Waals surface area (Å²) in [4.78, 5) is 11.6. The van der Waals surface area contributed by atoms with Crippen molar-refractivity contribution in [1.29, 1.82) is 0 Å². The van der Waals surface area contributed by atoms with Crippen molar-refractivity contribution in [3.63, 3.8) is 0 Å². The van der Waals surface area contributed by atoms with Crippen LogP contribution in [0.4, 0.5) is 0 Å². The molecule has 2 rings (SSSR count). The van der Waals surface area contributed by atoms with Crippen molar-refractivity contribution in [1.82, 2.24) is 15.0 Å². The van der Waals surface area contributed by atoms with Gasteiger partial charge in [0, 0.05) is 6.04 Å². The van der Waals surface area contributed by atoms with Crippen LogP contribution in [0.1, 0.15) is 70.2 Å². The van der Waals surface area contributed by atoms with Crippen LogP contribution in [0.15, 0.2) is 0 Å². The zero-order chi connectivity index (χ0) is 17.0. The summed E-state index contributed by atoms with van der Waals surface area (Å²) in [5.41, 5.74) is 1.99. The number of hydrogen-bond acceptors (Lipinski definition) is 5. The van der Waals surface area contributed by atoms with Gasteiger partial charge in [0.15, 0.2) is 0 Å². The van der Waals surface area contributed by atoms with Gasteiger partial charge in [-0.3, -0.25) is 0 Å². The van der Waals surface area contributed by atoms with Crippen LogP contribution in [-0.2, 0) is 20.7 Å². The van der Waals surface area contributed by atoms with Crippen molar-refractivity contribution in [3.05, 3.63) is 11.4 Å². The standard InChI is InChI=1S/C16H26BN3O3/c1-10(2)20-14-8-6-12(22-9-15(21)23-11(3)4)5-7-13(17)16(14)18-19-20/h10-13H,5-9H2,1-4H3. The van der Waals surface area contributed by atoms with Gasteiger partial charge in [-0.15, -0.1) is 5.10 Å². The Balaban J connectivity index is 1.98. The minimum Gasteiger partial charge on any atom is -0.461 e. The molecule has 1 heterocycles. The molecule has 0 fully saturated rings. The van der Waals surface area contributed by atoms with Crippen molar-refractivity contribution in [3.8, 4) is 0 Å². The Labute approximate surface area is 139 Å². The van der Waals surface area contributed by atoms with Gasteiger partial charge in [0.25, 0.3) is 0 Å². The van der Waals surface area contributed by atoms with Crippen molar-refractivity contribution >= 4 is 13.8 Å². The van der Waals surface area contributed by atoms with E-state index < -0.39 is 0 Å². The van der Waals surface area contributed by atoms with Crippen molar-refractivity contribution in [2.75, 3.05) is 6.61 Å². The van der Waals surface area contributed by atoms with Gasteiger partial charge < -0.3 is 9.47 Å². The molecule has 0 spiro atoms. The van der Waals surface area contributed by atoms with E-state index in [9.17, 15) is 4.79 Å². The Kier molecular flexibility index (Phi) is 6.21. The molecule has 126 valence electrons. The molecule has 2 radical (unpaired) electrons. The summed E-state index contributed by atoms with van der Waals surface area (Å²) in [6.45, 7) is 7.81. The van der Waals surface area contributed by atoms with Crippen LogP contribution in [-0.4, -0.2) is 47.6 Å². The molecule has 0 N–H and O–H groups in total. The number of esters is 1. The topological polar surface area (TPSA) is 66.2 Å². The molecular weight excluding hydrogens is 293 g/mol. The average molecular weight is 319 g/mol. The first-order valence-corrected chi connectivity index (χ1v) is 8.39. The zero-order valence-electron chi connectivity index (χ0n) is 14.5. The minimum absolute atomic E-state index is 0.00410. The lowest BCUT2D eigenvalue weighted by Gasteiger charge is -2.24. The Morgan fingerprint density at radius 1 is 1.30 bits per heavy atom. The fourth-order valence-corrected chi connectivity index (χ4v) is 2.86. The molecule has 6 nitrogen and oxygen atoms in total. The molecule has 0 aliphatic heterocycles. The predicted molar refractivity (Wildman–Crippen MR) is 87.4 cm³/mol. The molecule has 1 aromatic rings. The highest BCUT2D eigenvalue weighted by Crippen LogP contribution is 2.28. The molecule has 2 atom stereocenters. The van der Waals surface area contributed by atoms with Crippen LogP contribution in [0.25, 0.3) is 0 Å². The Morgan fingerprint density at radius 3 is 2.70 bits per heavy atom. The van der Waals surface area contributed by atoms with Gasteiger partial charge in [0.2, 0.25) is 0 Å². The first-order chi connectivity index (χ1) is 10.9. The summed E-state index contributed by atoms with van der Waals surface area (Å²) in [7, 11) is 6.25. The zero-order valence-corrected chi connectivity index (χ0v) is 14.5. The number of hydrogen-bond donors (Lipinski definition) is 0. The third kappa shape index (κ3) is 4.80. The molecule has 2 unspecified atom stereocenters. The molecule has 1 aromatic heterocycles. The van der Waals surface area contributed by atoms with Crippen LogP contribution in [0, 0.1) is 0 Å². The Morgan fingerprint density at radius 2 is 2.04 bits per heavy atom. The second-order valence-electron chi connectivity index (χ2n) is 6.65. The molecule has 23 heavy (non-hydrogen) atoms. The van der Waals surface area contributed by atoms with E-state index in [0.717, 1.165) is 37.1 Å². The van der Waals surface area contributed by atoms with Crippen LogP contribution >= 0.6 is 0 Å². The van der Waals surface area contributed by atoms with E-state index in [1.165, 1.54) is 0 Å². The highest BCUT2D eigenvalue weighted by Gasteiger charge is 2.25. The van der Waals surface area contributed by atoms with Gasteiger partial charge in [-0.25, -0.2) is 9.48 Å². The summed E-state index contributed by atoms with van der Waals surface area (Å²) in [5.74, 6) is -0.451. The van der Waals surface area contributed by atoms with Gasteiger partial charge in [-0.1, -0.05) is 11.6 Å². The maximum atomic E-state index is 11.6. The monoisotopic (exact) mass is 319 g/mol. The van der Waals surface area contributed by atoms with Gasteiger partial charge >= 0.3 is 5.97 Å². The smallest absolute Gasteiger partial charge is 0.332 e. The summed E-state index contributed by atoms with van der Waals surface area (Å²) < 4.78 is 12.8. The normalized spacial score (nSPS) is 21.8. The summed E-state index contributed by atoms with van der Waals surface area (Å²) in [6, 6.07) is 0.248. The number of rotatable bonds is 5. The van der Waals surface area contributed by atoms with Gasteiger partial charge in [-0.05, 0) is 52.8 Å². The quantitative estimate of drug-likeness (QED) is 0.614. The largest absolute Gasteiger partial charge is 0.461 e. The molecule has 0 saturated carbocycles. The first-order valence-electron chi connectivity index (χ1n) is 8.39. The number of ether oxygens (including phenoxy) is 2. The number of carbonyl (C=O) groups excluding carboxylic acids is 1. The summed E-state index contributed by atoms with van der Waals surface area (Å²) >= 11 is 0. The van der Waals surface area contributed by atoms with E-state index in [0.29, 0.717) is 0 Å². The lowest BCUT2D eigenvalue weighted by atomic mass is 9.77. The van der Waals surface area contributed by atoms with Gasteiger partial charge in [0.05, 0.1) is 31.4 Å². The highest BCUT2D eigenvalue weighted by atomic mass is 16.6. The number of aromatic nitrogens is 3. The van der Waals surface area contributed by atoms with Crippen LogP contribution in [0.5, 0.6) is 0 Å². The lowest BCUT2D eigenvalue weighted by Crippen LogP contribution is -2.25. The van der Waals surface area contributed by atoms with E-state index in [1.54, 1.807) is 0 Å². The van der Waals surface area contributed by atoms with Gasteiger partial charge in [-0.2, -0.15) is 0 Å². The first kappa shape index (κ1) is 18.0.